The smallest absolute Gasteiger partial charge is 0.189 e. The summed E-state index contributed by atoms with van der Waals surface area (Å²) >= 11 is 5.42. The second-order valence-electron chi connectivity index (χ2n) is 5.21. The number of pyridine rings is 1. The fourth-order valence-corrected chi connectivity index (χ4v) is 2.63. The Labute approximate surface area is 129 Å². The minimum atomic E-state index is 0.625. The highest BCUT2D eigenvalue weighted by molar-refractivity contribution is 7.80. The molecule has 0 spiro atoms. The molecule has 1 N–H and O–H groups in total. The monoisotopic (exact) mass is 305 g/mol. The van der Waals surface area contributed by atoms with E-state index in [1.165, 1.54) is 0 Å². The van der Waals surface area contributed by atoms with E-state index < -0.39 is 0 Å². The quantitative estimate of drug-likeness (QED) is 0.609. The molecule has 2 aliphatic heterocycles. The zero-order valence-electron chi connectivity index (χ0n) is 12.1. The maximum absolute atomic E-state index is 5.57. The number of hydrogen-bond acceptors (Lipinski definition) is 5. The van der Waals surface area contributed by atoms with Gasteiger partial charge in [0.2, 0.25) is 0 Å². The number of aromatic nitrogens is 1. The third kappa shape index (κ3) is 3.30. The second-order valence-corrected chi connectivity index (χ2v) is 5.60. The summed E-state index contributed by atoms with van der Waals surface area (Å²) in [5, 5.41) is 5.13. The summed E-state index contributed by atoms with van der Waals surface area (Å²) in [4.78, 5) is 8.79. The van der Waals surface area contributed by atoms with E-state index in [1.54, 1.807) is 6.20 Å². The Balaban J connectivity index is 1.65. The number of piperazine rings is 1. The van der Waals surface area contributed by atoms with Crippen LogP contribution in [0.15, 0.2) is 23.4 Å². The molecular weight excluding hydrogens is 286 g/mol. The van der Waals surface area contributed by atoms with Gasteiger partial charge in [-0.05, 0) is 31.4 Å². The van der Waals surface area contributed by atoms with Crippen molar-refractivity contribution in [2.75, 3.05) is 39.8 Å². The summed E-state index contributed by atoms with van der Waals surface area (Å²) in [5.74, 6) is 0.787. The van der Waals surface area contributed by atoms with Crippen LogP contribution < -0.4 is 10.2 Å². The number of nitrogens with one attached hydrogen (secondary N) is 1. The van der Waals surface area contributed by atoms with Crippen LogP contribution in [0.5, 0.6) is 5.75 Å². The van der Waals surface area contributed by atoms with Crippen LogP contribution in [0.3, 0.4) is 0 Å². The van der Waals surface area contributed by atoms with Gasteiger partial charge in [-0.1, -0.05) is 0 Å². The van der Waals surface area contributed by atoms with E-state index >= 15 is 0 Å². The van der Waals surface area contributed by atoms with Crippen LogP contribution in [0.2, 0.25) is 0 Å². The van der Waals surface area contributed by atoms with Gasteiger partial charge in [0.15, 0.2) is 5.11 Å². The van der Waals surface area contributed by atoms with Crippen molar-refractivity contribution in [3.63, 3.8) is 0 Å². The number of likely N-dealkylation sites (N-methyl/N-ethyl adjacent to an activating group) is 1. The van der Waals surface area contributed by atoms with Crippen LogP contribution in [0, 0.1) is 0 Å². The van der Waals surface area contributed by atoms with Crippen LogP contribution in [0.4, 0.5) is 0 Å². The fourth-order valence-electron chi connectivity index (χ4n) is 2.40. The van der Waals surface area contributed by atoms with Gasteiger partial charge in [0.1, 0.15) is 11.4 Å². The lowest BCUT2D eigenvalue weighted by atomic mass is 10.1. The molecule has 0 radical (unpaired) electrons. The van der Waals surface area contributed by atoms with Crippen molar-refractivity contribution in [2.45, 2.75) is 6.42 Å². The van der Waals surface area contributed by atoms with E-state index in [0.717, 1.165) is 49.8 Å². The average Bonchev–Trinajstić information content (AvgIpc) is 2.53. The molecule has 6 nitrogen and oxygen atoms in total. The maximum Gasteiger partial charge on any atom is 0.189 e. The SMILES string of the molecule is CN1CCN(C(=S)NN=C2CCOc3cccnc32)CC1. The average molecular weight is 305 g/mol. The van der Waals surface area contributed by atoms with Gasteiger partial charge in [-0.25, -0.2) is 0 Å². The number of hydrogen-bond donors (Lipinski definition) is 1. The summed E-state index contributed by atoms with van der Waals surface area (Å²) < 4.78 is 5.57. The molecule has 21 heavy (non-hydrogen) atoms. The van der Waals surface area contributed by atoms with Crippen molar-refractivity contribution < 1.29 is 4.74 Å². The summed E-state index contributed by atoms with van der Waals surface area (Å²) in [6.45, 7) is 4.55. The van der Waals surface area contributed by atoms with Gasteiger partial charge in [-0.3, -0.25) is 10.4 Å². The number of nitrogens with zero attached hydrogens (tertiary/aromatic N) is 4. The summed E-state index contributed by atoms with van der Waals surface area (Å²) in [6, 6.07) is 3.78. The highest BCUT2D eigenvalue weighted by atomic mass is 32.1. The predicted octanol–water partition coefficient (Wildman–Crippen LogP) is 0.690. The maximum atomic E-state index is 5.57. The van der Waals surface area contributed by atoms with Gasteiger partial charge < -0.3 is 14.5 Å². The van der Waals surface area contributed by atoms with Gasteiger partial charge in [-0.2, -0.15) is 5.10 Å². The van der Waals surface area contributed by atoms with Crippen molar-refractivity contribution >= 4 is 23.0 Å². The Hall–Kier alpha value is -1.73. The molecule has 0 saturated carbocycles. The lowest BCUT2D eigenvalue weighted by Crippen LogP contribution is -2.49. The molecule has 0 bridgehead atoms. The Kier molecular flexibility index (Phi) is 4.31. The minimum Gasteiger partial charge on any atom is -0.491 e. The van der Waals surface area contributed by atoms with E-state index in [9.17, 15) is 0 Å². The molecule has 0 atom stereocenters. The molecule has 0 aromatic carbocycles. The van der Waals surface area contributed by atoms with Crippen LogP contribution >= 0.6 is 12.2 Å². The van der Waals surface area contributed by atoms with Crippen LogP contribution in [-0.2, 0) is 0 Å². The number of ether oxygens (including phenoxy) is 1. The standard InChI is InChI=1S/C14H19N5OS/c1-18-6-8-19(9-7-18)14(21)17-16-11-4-10-20-12-3-2-5-15-13(11)12/h2-3,5H,4,6-10H2,1H3,(H,17,21). The lowest BCUT2D eigenvalue weighted by molar-refractivity contribution is 0.214. The van der Waals surface area contributed by atoms with E-state index in [0.29, 0.717) is 11.7 Å². The third-order valence-corrected chi connectivity index (χ3v) is 4.07. The second kappa shape index (κ2) is 6.36. The van der Waals surface area contributed by atoms with E-state index in [2.05, 4.69) is 32.4 Å². The molecule has 0 amide bonds. The van der Waals surface area contributed by atoms with Crippen LogP contribution in [0.25, 0.3) is 0 Å². The van der Waals surface area contributed by atoms with Gasteiger partial charge >= 0.3 is 0 Å². The number of hydrazone groups is 1. The highest BCUT2D eigenvalue weighted by Gasteiger charge is 2.19. The first-order valence-corrected chi connectivity index (χ1v) is 7.53. The van der Waals surface area contributed by atoms with Crippen molar-refractivity contribution in [3.8, 4) is 5.75 Å². The first kappa shape index (κ1) is 14.2. The Bertz CT molecular complexity index is 554. The highest BCUT2D eigenvalue weighted by Crippen LogP contribution is 2.21. The molecular formula is C14H19N5OS. The number of fused-ring (bicyclic) bond motifs is 1. The molecule has 2 aliphatic rings. The molecule has 3 rings (SSSR count). The molecule has 0 unspecified atom stereocenters. The van der Waals surface area contributed by atoms with Gasteiger partial charge in [0.25, 0.3) is 0 Å². The largest absolute Gasteiger partial charge is 0.491 e. The zero-order chi connectivity index (χ0) is 14.7. The van der Waals surface area contributed by atoms with Crippen molar-refractivity contribution in [3.05, 3.63) is 24.0 Å². The molecule has 3 heterocycles. The van der Waals surface area contributed by atoms with Crippen molar-refractivity contribution in [1.82, 2.24) is 20.2 Å². The van der Waals surface area contributed by atoms with E-state index in [4.69, 9.17) is 17.0 Å². The van der Waals surface area contributed by atoms with E-state index in [-0.39, 0.29) is 0 Å². The van der Waals surface area contributed by atoms with Crippen LogP contribution in [-0.4, -0.2) is 65.4 Å². The fraction of sp³-hybridized carbons (Fsp3) is 0.500. The molecule has 112 valence electrons. The molecule has 7 heteroatoms. The topological polar surface area (TPSA) is 53.0 Å². The first-order chi connectivity index (χ1) is 10.2. The molecule has 1 fully saturated rings. The van der Waals surface area contributed by atoms with Gasteiger partial charge in [0.05, 0.1) is 12.3 Å². The molecule has 1 aromatic rings. The first-order valence-electron chi connectivity index (χ1n) is 7.12. The van der Waals surface area contributed by atoms with E-state index in [1.807, 2.05) is 12.1 Å². The summed E-state index contributed by atoms with van der Waals surface area (Å²) in [6.07, 6.45) is 2.49. The van der Waals surface area contributed by atoms with Gasteiger partial charge in [0, 0.05) is 38.8 Å². The molecule has 1 saturated heterocycles. The summed E-state index contributed by atoms with van der Waals surface area (Å²) in [5.41, 5.74) is 4.71. The zero-order valence-corrected chi connectivity index (χ0v) is 12.9. The Morgan fingerprint density at radius 1 is 1.38 bits per heavy atom. The van der Waals surface area contributed by atoms with Gasteiger partial charge in [-0.15, -0.1) is 0 Å². The Morgan fingerprint density at radius 3 is 3.00 bits per heavy atom. The predicted molar refractivity (Wildman–Crippen MR) is 85.7 cm³/mol. The Morgan fingerprint density at radius 2 is 2.19 bits per heavy atom. The molecule has 1 aromatic heterocycles. The van der Waals surface area contributed by atoms with Crippen LogP contribution in [0.1, 0.15) is 12.1 Å². The minimum absolute atomic E-state index is 0.625. The molecule has 0 aliphatic carbocycles. The number of thiocarbonyl (C=S) groups is 1. The third-order valence-electron chi connectivity index (χ3n) is 3.72. The van der Waals surface area contributed by atoms with Crippen molar-refractivity contribution in [2.24, 2.45) is 5.10 Å². The normalized spacial score (nSPS) is 20.8. The number of rotatable bonds is 1. The lowest BCUT2D eigenvalue weighted by Gasteiger charge is -2.33. The van der Waals surface area contributed by atoms with Crippen molar-refractivity contribution in [1.29, 1.82) is 0 Å². The summed E-state index contributed by atoms with van der Waals surface area (Å²) in [7, 11) is 2.12.